The molecule has 4 heteroatoms. The van der Waals surface area contributed by atoms with Gasteiger partial charge in [-0.25, -0.2) is 0 Å². The minimum atomic E-state index is -0.848. The predicted molar refractivity (Wildman–Crippen MR) is 79.2 cm³/mol. The van der Waals surface area contributed by atoms with Gasteiger partial charge in [-0.3, -0.25) is 9.59 Å². The molecule has 0 N–H and O–H groups in total. The molecule has 0 aliphatic heterocycles. The number of hydrogen-bond acceptors (Lipinski definition) is 4. The van der Waals surface area contributed by atoms with Crippen LogP contribution in [0.4, 0.5) is 0 Å². The molecule has 0 amide bonds. The molecule has 4 nitrogen and oxygen atoms in total. The summed E-state index contributed by atoms with van der Waals surface area (Å²) in [5.74, 6) is -1.97. The molecule has 0 aliphatic carbocycles. The lowest BCUT2D eigenvalue weighted by Gasteiger charge is -2.24. The van der Waals surface area contributed by atoms with Gasteiger partial charge in [-0.15, -0.1) is 0 Å². The second kappa shape index (κ2) is 7.09. The number of carbonyl (C=O) groups is 2. The molecular weight excluding hydrogens is 256 g/mol. The maximum absolute atomic E-state index is 12.1. The molecule has 0 saturated carbocycles. The van der Waals surface area contributed by atoms with E-state index in [1.807, 2.05) is 55.4 Å². The van der Waals surface area contributed by atoms with Crippen molar-refractivity contribution in [2.45, 2.75) is 55.4 Å². The zero-order chi connectivity index (χ0) is 16.1. The van der Waals surface area contributed by atoms with Crippen LogP contribution < -0.4 is 0 Å². The summed E-state index contributed by atoms with van der Waals surface area (Å²) in [5.41, 5.74) is -0.237. The van der Waals surface area contributed by atoms with Gasteiger partial charge in [0, 0.05) is 0 Å². The fourth-order valence-electron chi connectivity index (χ4n) is 1.40. The Bertz CT molecular complexity index is 301. The normalized spacial score (nSPS) is 12.7. The molecule has 0 aromatic heterocycles. The highest BCUT2D eigenvalue weighted by Gasteiger charge is 2.34. The molecule has 118 valence electrons. The number of hydrogen-bond donors (Lipinski definition) is 0. The fraction of sp³-hybridized carbons (Fsp3) is 0.875. The first-order valence-electron chi connectivity index (χ1n) is 7.17. The largest absolute Gasteiger partial charge is 0.464 e. The second-order valence-electron chi connectivity index (χ2n) is 8.06. The standard InChI is InChI=1S/C16H30O4/c1-11(2)12(13(17)19-9-15(3,4)5)14(18)20-10-16(6,7)8/h11-12H,9-10H2,1-8H3. The Kier molecular flexibility index (Phi) is 6.72. The van der Waals surface area contributed by atoms with Crippen LogP contribution >= 0.6 is 0 Å². The van der Waals surface area contributed by atoms with Gasteiger partial charge >= 0.3 is 11.9 Å². The third kappa shape index (κ3) is 8.18. The van der Waals surface area contributed by atoms with E-state index in [4.69, 9.17) is 9.47 Å². The van der Waals surface area contributed by atoms with Gasteiger partial charge in [-0.1, -0.05) is 55.4 Å². The Morgan fingerprint density at radius 3 is 1.30 bits per heavy atom. The molecule has 0 rings (SSSR count). The molecule has 0 atom stereocenters. The summed E-state index contributed by atoms with van der Waals surface area (Å²) in [6, 6.07) is 0. The molecule has 0 aromatic carbocycles. The van der Waals surface area contributed by atoms with E-state index in [2.05, 4.69) is 0 Å². The minimum absolute atomic E-state index is 0.119. The summed E-state index contributed by atoms with van der Waals surface area (Å²) in [5, 5.41) is 0. The maximum Gasteiger partial charge on any atom is 0.320 e. The lowest BCUT2D eigenvalue weighted by atomic mass is 9.94. The van der Waals surface area contributed by atoms with Gasteiger partial charge in [0.1, 0.15) is 0 Å². The first-order chi connectivity index (χ1) is 8.83. The molecular formula is C16H30O4. The van der Waals surface area contributed by atoms with Crippen LogP contribution in [0.1, 0.15) is 55.4 Å². The molecule has 0 aromatic rings. The highest BCUT2D eigenvalue weighted by molar-refractivity contribution is 5.95. The molecule has 0 aliphatic rings. The van der Waals surface area contributed by atoms with E-state index >= 15 is 0 Å². The SMILES string of the molecule is CC(C)C(C(=O)OCC(C)(C)C)C(=O)OCC(C)(C)C. The molecule has 0 unspecified atom stereocenters. The number of ether oxygens (including phenoxy) is 2. The van der Waals surface area contributed by atoms with Crippen LogP contribution in [0.25, 0.3) is 0 Å². The van der Waals surface area contributed by atoms with E-state index in [1.54, 1.807) is 0 Å². The van der Waals surface area contributed by atoms with Crippen molar-refractivity contribution in [1.29, 1.82) is 0 Å². The van der Waals surface area contributed by atoms with Gasteiger partial charge in [0.05, 0.1) is 13.2 Å². The number of rotatable bonds is 5. The molecule has 0 heterocycles. The van der Waals surface area contributed by atoms with E-state index < -0.39 is 17.9 Å². The molecule has 20 heavy (non-hydrogen) atoms. The van der Waals surface area contributed by atoms with Gasteiger partial charge in [0.2, 0.25) is 0 Å². The van der Waals surface area contributed by atoms with Crippen molar-refractivity contribution in [3.05, 3.63) is 0 Å². The van der Waals surface area contributed by atoms with E-state index in [1.165, 1.54) is 0 Å². The summed E-state index contributed by atoms with van der Waals surface area (Å²) in [6.45, 7) is 16.1. The van der Waals surface area contributed by atoms with Crippen molar-refractivity contribution in [1.82, 2.24) is 0 Å². The molecule has 0 radical (unpaired) electrons. The predicted octanol–water partition coefficient (Wildman–Crippen LogP) is 3.44. The van der Waals surface area contributed by atoms with Crippen molar-refractivity contribution in [2.75, 3.05) is 13.2 Å². The van der Waals surface area contributed by atoms with Crippen LogP contribution in [0.5, 0.6) is 0 Å². The lowest BCUT2D eigenvalue weighted by Crippen LogP contribution is -2.35. The van der Waals surface area contributed by atoms with E-state index in [0.29, 0.717) is 13.2 Å². The average molecular weight is 286 g/mol. The quantitative estimate of drug-likeness (QED) is 0.574. The van der Waals surface area contributed by atoms with Gasteiger partial charge in [-0.2, -0.15) is 0 Å². The third-order valence-corrected chi connectivity index (χ3v) is 2.47. The van der Waals surface area contributed by atoms with Crippen molar-refractivity contribution in [3.8, 4) is 0 Å². The Labute approximate surface area is 123 Å². The molecule has 0 saturated heterocycles. The van der Waals surface area contributed by atoms with E-state index in [9.17, 15) is 9.59 Å². The number of carbonyl (C=O) groups excluding carboxylic acids is 2. The first-order valence-corrected chi connectivity index (χ1v) is 7.17. The highest BCUT2D eigenvalue weighted by Crippen LogP contribution is 2.20. The van der Waals surface area contributed by atoms with Gasteiger partial charge < -0.3 is 9.47 Å². The van der Waals surface area contributed by atoms with Crippen LogP contribution in [0.3, 0.4) is 0 Å². The number of esters is 2. The zero-order valence-electron chi connectivity index (χ0n) is 14.2. The van der Waals surface area contributed by atoms with Crippen LogP contribution in [0, 0.1) is 22.7 Å². The molecule has 0 spiro atoms. The topological polar surface area (TPSA) is 52.6 Å². The van der Waals surface area contributed by atoms with Crippen LogP contribution in [-0.4, -0.2) is 25.2 Å². The van der Waals surface area contributed by atoms with Crippen molar-refractivity contribution < 1.29 is 19.1 Å². The lowest BCUT2D eigenvalue weighted by molar-refractivity contribution is -0.167. The summed E-state index contributed by atoms with van der Waals surface area (Å²) in [7, 11) is 0. The summed E-state index contributed by atoms with van der Waals surface area (Å²) >= 11 is 0. The van der Waals surface area contributed by atoms with Crippen molar-refractivity contribution in [2.24, 2.45) is 22.7 Å². The Balaban J connectivity index is 4.63. The van der Waals surface area contributed by atoms with E-state index in [0.717, 1.165) is 0 Å². The van der Waals surface area contributed by atoms with Gasteiger partial charge in [0.25, 0.3) is 0 Å². The Hall–Kier alpha value is -1.06. The smallest absolute Gasteiger partial charge is 0.320 e. The molecule has 0 fully saturated rings. The Morgan fingerprint density at radius 1 is 0.800 bits per heavy atom. The first kappa shape index (κ1) is 18.9. The monoisotopic (exact) mass is 286 g/mol. The molecule has 0 bridgehead atoms. The Morgan fingerprint density at radius 2 is 1.10 bits per heavy atom. The third-order valence-electron chi connectivity index (χ3n) is 2.47. The summed E-state index contributed by atoms with van der Waals surface area (Å²) in [4.78, 5) is 24.1. The van der Waals surface area contributed by atoms with E-state index in [-0.39, 0.29) is 16.7 Å². The highest BCUT2D eigenvalue weighted by atomic mass is 16.6. The fourth-order valence-corrected chi connectivity index (χ4v) is 1.40. The second-order valence-corrected chi connectivity index (χ2v) is 8.06. The van der Waals surface area contributed by atoms with Crippen molar-refractivity contribution >= 4 is 11.9 Å². The zero-order valence-corrected chi connectivity index (χ0v) is 14.2. The minimum Gasteiger partial charge on any atom is -0.464 e. The summed E-state index contributed by atoms with van der Waals surface area (Å²) < 4.78 is 10.5. The average Bonchev–Trinajstić information content (AvgIpc) is 2.21. The van der Waals surface area contributed by atoms with Gasteiger partial charge in [-0.05, 0) is 16.7 Å². The maximum atomic E-state index is 12.1. The van der Waals surface area contributed by atoms with Gasteiger partial charge in [0.15, 0.2) is 5.92 Å². The van der Waals surface area contributed by atoms with Crippen LogP contribution in [-0.2, 0) is 19.1 Å². The summed E-state index contributed by atoms with van der Waals surface area (Å²) in [6.07, 6.45) is 0. The van der Waals surface area contributed by atoms with Crippen LogP contribution in [0.15, 0.2) is 0 Å². The van der Waals surface area contributed by atoms with Crippen molar-refractivity contribution in [3.63, 3.8) is 0 Å². The van der Waals surface area contributed by atoms with Crippen LogP contribution in [0.2, 0.25) is 0 Å².